The van der Waals surface area contributed by atoms with Crippen LogP contribution in [0.2, 0.25) is 5.02 Å². The van der Waals surface area contributed by atoms with Crippen LogP contribution in [0, 0.1) is 6.92 Å². The first-order valence-electron chi connectivity index (χ1n) is 2.60. The molecule has 4 nitrogen and oxygen atoms in total. The van der Waals surface area contributed by atoms with Gasteiger partial charge in [0.2, 0.25) is 0 Å². The van der Waals surface area contributed by atoms with Crippen molar-refractivity contribution in [1.29, 1.82) is 0 Å². The number of rotatable bonds is 0. The summed E-state index contributed by atoms with van der Waals surface area (Å²) in [6.07, 6.45) is 0. The van der Waals surface area contributed by atoms with Crippen LogP contribution >= 0.6 is 11.6 Å². The van der Waals surface area contributed by atoms with E-state index in [2.05, 4.69) is 10.2 Å². The average molecular weight is 161 g/mol. The van der Waals surface area contributed by atoms with Crippen molar-refractivity contribution in [2.75, 3.05) is 0 Å². The SMILES string of the molecule is Cc1c(Cl)c(=O)[nH][nH]c1=O. The monoisotopic (exact) mass is 160 g/mol. The van der Waals surface area contributed by atoms with E-state index in [1.54, 1.807) is 0 Å². The first-order valence-corrected chi connectivity index (χ1v) is 2.98. The fourth-order valence-corrected chi connectivity index (χ4v) is 0.665. The molecule has 10 heavy (non-hydrogen) atoms. The largest absolute Gasteiger partial charge is 0.281 e. The Bertz CT molecular complexity index is 316. The molecule has 0 spiro atoms. The topological polar surface area (TPSA) is 65.7 Å². The molecule has 0 aliphatic carbocycles. The van der Waals surface area contributed by atoms with Gasteiger partial charge in [-0.15, -0.1) is 0 Å². The number of nitrogens with one attached hydrogen (secondary N) is 2. The van der Waals surface area contributed by atoms with Crippen LogP contribution in [0.1, 0.15) is 5.56 Å². The number of hydrogen-bond donors (Lipinski definition) is 2. The van der Waals surface area contributed by atoms with Crippen molar-refractivity contribution in [3.8, 4) is 0 Å². The molecule has 0 saturated carbocycles. The summed E-state index contributed by atoms with van der Waals surface area (Å²) >= 11 is 5.42. The van der Waals surface area contributed by atoms with Crippen LogP contribution < -0.4 is 11.1 Å². The van der Waals surface area contributed by atoms with Crippen LogP contribution in [0.4, 0.5) is 0 Å². The molecule has 0 bridgehead atoms. The van der Waals surface area contributed by atoms with Gasteiger partial charge < -0.3 is 0 Å². The smallest absolute Gasteiger partial charge is 0.268 e. The van der Waals surface area contributed by atoms with Gasteiger partial charge in [0, 0.05) is 5.56 Å². The van der Waals surface area contributed by atoms with Crippen LogP contribution in [0.25, 0.3) is 0 Å². The second-order valence-corrected chi connectivity index (χ2v) is 2.23. The highest BCUT2D eigenvalue weighted by atomic mass is 35.5. The van der Waals surface area contributed by atoms with Gasteiger partial charge in [0.05, 0.1) is 0 Å². The number of halogens is 1. The fourth-order valence-electron chi connectivity index (χ4n) is 0.532. The molecule has 0 aliphatic rings. The third-order valence-electron chi connectivity index (χ3n) is 1.16. The molecule has 2 N–H and O–H groups in total. The van der Waals surface area contributed by atoms with Crippen LogP contribution in [-0.2, 0) is 0 Å². The van der Waals surface area contributed by atoms with Gasteiger partial charge in [0.15, 0.2) is 0 Å². The zero-order valence-electron chi connectivity index (χ0n) is 5.19. The lowest BCUT2D eigenvalue weighted by atomic mass is 10.3. The number of aromatic nitrogens is 2. The van der Waals surface area contributed by atoms with E-state index in [4.69, 9.17) is 11.6 Å². The van der Waals surface area contributed by atoms with Crippen molar-refractivity contribution in [3.05, 3.63) is 31.3 Å². The van der Waals surface area contributed by atoms with Crippen molar-refractivity contribution in [2.45, 2.75) is 6.92 Å². The van der Waals surface area contributed by atoms with E-state index in [1.807, 2.05) is 0 Å². The highest BCUT2D eigenvalue weighted by Crippen LogP contribution is 1.99. The third-order valence-corrected chi connectivity index (χ3v) is 1.61. The van der Waals surface area contributed by atoms with Crippen LogP contribution in [0.15, 0.2) is 9.59 Å². The summed E-state index contributed by atoms with van der Waals surface area (Å²) in [5.41, 5.74) is -0.603. The van der Waals surface area contributed by atoms with Crippen molar-refractivity contribution >= 4 is 11.6 Å². The lowest BCUT2D eigenvalue weighted by Gasteiger charge is -1.90. The molecule has 54 valence electrons. The Kier molecular flexibility index (Phi) is 1.63. The summed E-state index contributed by atoms with van der Waals surface area (Å²) in [6.45, 7) is 1.48. The van der Waals surface area contributed by atoms with Gasteiger partial charge in [-0.3, -0.25) is 19.8 Å². The predicted octanol–water partition coefficient (Wildman–Crippen LogP) is 0.0250. The summed E-state index contributed by atoms with van der Waals surface area (Å²) in [5, 5.41) is 4.16. The summed E-state index contributed by atoms with van der Waals surface area (Å²) in [4.78, 5) is 21.3. The Hall–Kier alpha value is -1.03. The predicted molar refractivity (Wildman–Crippen MR) is 37.4 cm³/mol. The maximum atomic E-state index is 10.7. The maximum Gasteiger partial charge on any atom is 0.281 e. The van der Waals surface area contributed by atoms with E-state index < -0.39 is 5.56 Å². The van der Waals surface area contributed by atoms with Crippen LogP contribution in [-0.4, -0.2) is 10.2 Å². The molecule has 1 rings (SSSR count). The molecule has 0 amide bonds. The molecule has 0 aliphatic heterocycles. The molecule has 0 aromatic carbocycles. The minimum absolute atomic E-state index is 0.0521. The lowest BCUT2D eigenvalue weighted by molar-refractivity contribution is 0.934. The molecular formula is C5H5ClN2O2. The standard InChI is InChI=1S/C5H5ClN2O2/c1-2-3(6)5(10)8-7-4(2)9/h1H3,(H,7,9)(H,8,10). The Morgan fingerprint density at radius 1 is 1.20 bits per heavy atom. The normalized spacial score (nSPS) is 9.80. The summed E-state index contributed by atoms with van der Waals surface area (Å²) < 4.78 is 0. The van der Waals surface area contributed by atoms with Gasteiger partial charge in [0.1, 0.15) is 5.02 Å². The van der Waals surface area contributed by atoms with E-state index in [0.717, 1.165) is 0 Å². The molecular weight excluding hydrogens is 156 g/mol. The first-order chi connectivity index (χ1) is 4.63. The lowest BCUT2D eigenvalue weighted by Crippen LogP contribution is -2.21. The van der Waals surface area contributed by atoms with E-state index in [1.165, 1.54) is 6.92 Å². The Morgan fingerprint density at radius 2 is 1.70 bits per heavy atom. The summed E-state index contributed by atoms with van der Waals surface area (Å²) in [6, 6.07) is 0. The van der Waals surface area contributed by atoms with Crippen molar-refractivity contribution in [1.82, 2.24) is 10.2 Å². The minimum atomic E-state index is -0.473. The molecule has 5 heteroatoms. The van der Waals surface area contributed by atoms with Gasteiger partial charge in [-0.05, 0) is 6.92 Å². The fraction of sp³-hybridized carbons (Fsp3) is 0.200. The Labute approximate surface area is 60.8 Å². The van der Waals surface area contributed by atoms with Crippen molar-refractivity contribution < 1.29 is 0 Å². The molecule has 0 saturated heterocycles. The summed E-state index contributed by atoms with van der Waals surface area (Å²) in [5.74, 6) is 0. The summed E-state index contributed by atoms with van der Waals surface area (Å²) in [7, 11) is 0. The van der Waals surface area contributed by atoms with Gasteiger partial charge in [-0.1, -0.05) is 11.6 Å². The zero-order chi connectivity index (χ0) is 7.72. The number of hydrogen-bond acceptors (Lipinski definition) is 2. The van der Waals surface area contributed by atoms with E-state index in [0.29, 0.717) is 0 Å². The van der Waals surface area contributed by atoms with E-state index in [9.17, 15) is 9.59 Å². The van der Waals surface area contributed by atoms with Crippen molar-refractivity contribution in [3.63, 3.8) is 0 Å². The van der Waals surface area contributed by atoms with Gasteiger partial charge in [-0.25, -0.2) is 0 Å². The highest BCUT2D eigenvalue weighted by molar-refractivity contribution is 6.31. The molecule has 1 aromatic rings. The first kappa shape index (κ1) is 7.08. The number of H-pyrrole nitrogens is 2. The Balaban J connectivity index is 3.65. The average Bonchev–Trinajstić information content (AvgIpc) is 1.93. The van der Waals surface area contributed by atoms with Gasteiger partial charge >= 0.3 is 0 Å². The molecule has 1 aromatic heterocycles. The third kappa shape index (κ3) is 0.974. The molecule has 0 atom stereocenters. The Morgan fingerprint density at radius 3 is 2.20 bits per heavy atom. The maximum absolute atomic E-state index is 10.7. The molecule has 0 radical (unpaired) electrons. The second-order valence-electron chi connectivity index (χ2n) is 1.85. The van der Waals surface area contributed by atoms with Gasteiger partial charge in [-0.2, -0.15) is 0 Å². The van der Waals surface area contributed by atoms with E-state index >= 15 is 0 Å². The van der Waals surface area contributed by atoms with Crippen LogP contribution in [0.3, 0.4) is 0 Å². The quantitative estimate of drug-likeness (QED) is 0.562. The minimum Gasteiger partial charge on any atom is -0.268 e. The van der Waals surface area contributed by atoms with Gasteiger partial charge in [0.25, 0.3) is 11.1 Å². The zero-order valence-corrected chi connectivity index (χ0v) is 5.95. The van der Waals surface area contributed by atoms with Crippen LogP contribution in [0.5, 0.6) is 0 Å². The molecule has 0 unspecified atom stereocenters. The second kappa shape index (κ2) is 2.30. The molecule has 1 heterocycles. The highest BCUT2D eigenvalue weighted by Gasteiger charge is 2.01. The van der Waals surface area contributed by atoms with E-state index in [-0.39, 0.29) is 16.1 Å². The number of aromatic amines is 2. The van der Waals surface area contributed by atoms with Crippen molar-refractivity contribution in [2.24, 2.45) is 0 Å². The molecule has 0 fully saturated rings.